The van der Waals surface area contributed by atoms with Crippen molar-refractivity contribution in [1.82, 2.24) is 14.7 Å². The van der Waals surface area contributed by atoms with E-state index >= 15 is 0 Å². The smallest absolute Gasteiger partial charge is 0.410 e. The molecule has 3 rings (SSSR count). The molecule has 7 nitrogen and oxygen atoms in total. The molecule has 1 spiro atoms. The van der Waals surface area contributed by atoms with E-state index in [2.05, 4.69) is 5.10 Å². The molecule has 1 aromatic rings. The molecule has 2 aliphatic heterocycles. The van der Waals surface area contributed by atoms with Crippen molar-refractivity contribution in [3.05, 3.63) is 11.9 Å². The maximum atomic E-state index is 13.2. The molecule has 1 unspecified atom stereocenters. The Morgan fingerprint density at radius 1 is 1.25 bits per heavy atom. The summed E-state index contributed by atoms with van der Waals surface area (Å²) in [5.41, 5.74) is -0.896. The molecule has 7 heteroatoms. The van der Waals surface area contributed by atoms with E-state index in [0.717, 1.165) is 0 Å². The van der Waals surface area contributed by atoms with Crippen LogP contribution in [0.3, 0.4) is 0 Å². The molecule has 28 heavy (non-hydrogen) atoms. The van der Waals surface area contributed by atoms with Gasteiger partial charge in [-0.3, -0.25) is 9.48 Å². The van der Waals surface area contributed by atoms with E-state index in [0.29, 0.717) is 43.8 Å². The van der Waals surface area contributed by atoms with Crippen molar-refractivity contribution in [2.75, 3.05) is 13.1 Å². The summed E-state index contributed by atoms with van der Waals surface area (Å²) in [5.74, 6) is 0.372. The largest absolute Gasteiger partial charge is 0.482 e. The van der Waals surface area contributed by atoms with Gasteiger partial charge in [0.25, 0.3) is 0 Å². The predicted molar refractivity (Wildman–Crippen MR) is 106 cm³/mol. The minimum atomic E-state index is -0.580. The monoisotopic (exact) mass is 391 g/mol. The first-order chi connectivity index (χ1) is 12.9. The zero-order valence-corrected chi connectivity index (χ0v) is 18.2. The van der Waals surface area contributed by atoms with Gasteiger partial charge in [0.2, 0.25) is 0 Å². The SMILES string of the molecule is CCC1C(=O)c2nn(C(C)(C)C)cc2OC12CCN(C(=O)OC(C)(C)C)CC2. The molecular formula is C21H33N3O4. The highest BCUT2D eigenvalue weighted by Crippen LogP contribution is 2.44. The molecule has 1 aromatic heterocycles. The van der Waals surface area contributed by atoms with Crippen LogP contribution < -0.4 is 4.74 Å². The highest BCUT2D eigenvalue weighted by Gasteiger charge is 2.52. The fourth-order valence-corrected chi connectivity index (χ4v) is 4.04. The lowest BCUT2D eigenvalue weighted by molar-refractivity contribution is -0.0495. The molecule has 0 radical (unpaired) electrons. The third-order valence-electron chi connectivity index (χ3n) is 5.54. The third kappa shape index (κ3) is 3.76. The van der Waals surface area contributed by atoms with Gasteiger partial charge in [-0.2, -0.15) is 5.10 Å². The van der Waals surface area contributed by atoms with Crippen molar-refractivity contribution in [1.29, 1.82) is 0 Å². The van der Waals surface area contributed by atoms with Gasteiger partial charge in [0.1, 0.15) is 11.2 Å². The van der Waals surface area contributed by atoms with E-state index in [9.17, 15) is 9.59 Å². The average Bonchev–Trinajstić information content (AvgIpc) is 2.98. The van der Waals surface area contributed by atoms with Gasteiger partial charge in [-0.15, -0.1) is 0 Å². The van der Waals surface area contributed by atoms with Crippen molar-refractivity contribution in [2.24, 2.45) is 5.92 Å². The molecule has 0 aliphatic carbocycles. The molecule has 3 heterocycles. The summed E-state index contributed by atoms with van der Waals surface area (Å²) in [6, 6.07) is 0. The van der Waals surface area contributed by atoms with Gasteiger partial charge >= 0.3 is 6.09 Å². The molecule has 1 atom stereocenters. The van der Waals surface area contributed by atoms with Crippen LogP contribution in [-0.4, -0.2) is 50.8 Å². The van der Waals surface area contributed by atoms with E-state index in [1.54, 1.807) is 9.58 Å². The van der Waals surface area contributed by atoms with Gasteiger partial charge in [0, 0.05) is 25.9 Å². The van der Waals surface area contributed by atoms with Gasteiger partial charge in [-0.25, -0.2) is 4.79 Å². The zero-order valence-electron chi connectivity index (χ0n) is 18.2. The molecule has 1 fully saturated rings. The summed E-state index contributed by atoms with van der Waals surface area (Å²) in [5, 5.41) is 4.52. The van der Waals surface area contributed by atoms with Crippen LogP contribution in [0.1, 0.15) is 78.2 Å². The summed E-state index contributed by atoms with van der Waals surface area (Å²) in [4.78, 5) is 27.3. The van der Waals surface area contributed by atoms with Crippen LogP contribution in [0.25, 0.3) is 0 Å². The number of amides is 1. The lowest BCUT2D eigenvalue weighted by Gasteiger charge is -2.47. The second-order valence-corrected chi connectivity index (χ2v) is 9.92. The van der Waals surface area contributed by atoms with E-state index in [1.807, 2.05) is 54.7 Å². The zero-order chi connectivity index (χ0) is 20.9. The Bertz CT molecular complexity index is 762. The number of hydrogen-bond acceptors (Lipinski definition) is 5. The lowest BCUT2D eigenvalue weighted by Crippen LogP contribution is -2.57. The van der Waals surface area contributed by atoms with Gasteiger partial charge in [-0.1, -0.05) is 6.92 Å². The maximum Gasteiger partial charge on any atom is 0.410 e. The number of nitrogens with zero attached hydrogens (tertiary/aromatic N) is 3. The molecular weight excluding hydrogens is 358 g/mol. The summed E-state index contributed by atoms with van der Waals surface area (Å²) >= 11 is 0. The number of piperidine rings is 1. The van der Waals surface area contributed by atoms with Crippen LogP contribution in [0, 0.1) is 5.92 Å². The Morgan fingerprint density at radius 3 is 2.36 bits per heavy atom. The Labute approximate surface area is 167 Å². The fraction of sp³-hybridized carbons (Fsp3) is 0.762. The Kier molecular flexibility index (Phi) is 5.01. The van der Waals surface area contributed by atoms with E-state index in [4.69, 9.17) is 9.47 Å². The number of fused-ring (bicyclic) bond motifs is 1. The Balaban J connectivity index is 1.82. The lowest BCUT2D eigenvalue weighted by atomic mass is 9.73. The van der Waals surface area contributed by atoms with Gasteiger partial charge in [0.15, 0.2) is 17.2 Å². The molecule has 0 bridgehead atoms. The maximum absolute atomic E-state index is 13.2. The van der Waals surface area contributed by atoms with Crippen LogP contribution >= 0.6 is 0 Å². The van der Waals surface area contributed by atoms with Crippen LogP contribution in [-0.2, 0) is 10.3 Å². The molecule has 0 saturated carbocycles. The summed E-state index contributed by atoms with van der Waals surface area (Å²) in [7, 11) is 0. The third-order valence-corrected chi connectivity index (χ3v) is 5.54. The number of rotatable bonds is 1. The second-order valence-electron chi connectivity index (χ2n) is 9.92. The molecule has 1 amide bonds. The normalized spacial score (nSPS) is 22.0. The Hall–Kier alpha value is -2.05. The number of ether oxygens (including phenoxy) is 2. The number of likely N-dealkylation sites (tertiary alicyclic amines) is 1. The number of Topliss-reactive ketones (excluding diaryl/α,β-unsaturated/α-hetero) is 1. The number of carbonyl (C=O) groups is 2. The number of aromatic nitrogens is 2. The van der Waals surface area contributed by atoms with Crippen molar-refractivity contribution in [3.8, 4) is 5.75 Å². The summed E-state index contributed by atoms with van der Waals surface area (Å²) in [6.45, 7) is 14.8. The highest BCUT2D eigenvalue weighted by molar-refractivity contribution is 6.00. The van der Waals surface area contributed by atoms with Gasteiger partial charge in [0.05, 0.1) is 17.7 Å². The first kappa shape index (κ1) is 20.7. The highest BCUT2D eigenvalue weighted by atomic mass is 16.6. The first-order valence-corrected chi connectivity index (χ1v) is 10.2. The minimum absolute atomic E-state index is 0.0532. The van der Waals surface area contributed by atoms with E-state index in [-0.39, 0.29) is 23.3 Å². The first-order valence-electron chi connectivity index (χ1n) is 10.2. The second kappa shape index (κ2) is 6.78. The molecule has 1 saturated heterocycles. The summed E-state index contributed by atoms with van der Waals surface area (Å²) in [6.07, 6.45) is 3.43. The molecule has 2 aliphatic rings. The fourth-order valence-electron chi connectivity index (χ4n) is 4.04. The van der Waals surface area contributed by atoms with Crippen molar-refractivity contribution >= 4 is 11.9 Å². The summed E-state index contributed by atoms with van der Waals surface area (Å²) < 4.78 is 13.7. The number of hydrogen-bond donors (Lipinski definition) is 0. The Morgan fingerprint density at radius 2 is 1.86 bits per heavy atom. The van der Waals surface area contributed by atoms with Gasteiger partial charge < -0.3 is 14.4 Å². The van der Waals surface area contributed by atoms with E-state index in [1.165, 1.54) is 0 Å². The topological polar surface area (TPSA) is 73.7 Å². The van der Waals surface area contributed by atoms with Crippen LogP contribution in [0.5, 0.6) is 5.75 Å². The van der Waals surface area contributed by atoms with Crippen molar-refractivity contribution in [3.63, 3.8) is 0 Å². The van der Waals surface area contributed by atoms with Crippen LogP contribution in [0.15, 0.2) is 6.20 Å². The minimum Gasteiger partial charge on any atom is -0.482 e. The van der Waals surface area contributed by atoms with E-state index < -0.39 is 11.2 Å². The van der Waals surface area contributed by atoms with Crippen LogP contribution in [0.2, 0.25) is 0 Å². The standard InChI is InChI=1S/C21H33N3O4/c1-8-14-17(25)16-15(13-24(22-16)19(2,3)4)27-21(14)9-11-23(12-10-21)18(26)28-20(5,6)7/h13-14H,8-12H2,1-7H3. The number of ketones is 1. The number of carbonyl (C=O) groups excluding carboxylic acids is 2. The van der Waals surface area contributed by atoms with Crippen molar-refractivity contribution in [2.45, 2.75) is 84.5 Å². The molecule has 0 aromatic carbocycles. The molecule has 0 N–H and O–H groups in total. The average molecular weight is 392 g/mol. The molecule has 156 valence electrons. The van der Waals surface area contributed by atoms with Gasteiger partial charge in [-0.05, 0) is 48.0 Å². The van der Waals surface area contributed by atoms with Crippen molar-refractivity contribution < 1.29 is 19.1 Å². The van der Waals surface area contributed by atoms with Crippen LogP contribution in [0.4, 0.5) is 4.79 Å². The quantitative estimate of drug-likeness (QED) is 0.723. The predicted octanol–water partition coefficient (Wildman–Crippen LogP) is 4.01.